The maximum atomic E-state index is 12.5. The lowest BCUT2D eigenvalue weighted by atomic mass is 10.2. The maximum Gasteiger partial charge on any atom is 0.340 e. The van der Waals surface area contributed by atoms with Crippen molar-refractivity contribution in [2.75, 3.05) is 25.0 Å². The quantitative estimate of drug-likeness (QED) is 0.785. The number of hydrogen-bond donors (Lipinski definition) is 1. The van der Waals surface area contributed by atoms with Crippen LogP contribution in [0.2, 0.25) is 0 Å². The minimum Gasteiger partial charge on any atom is -0.467 e. The van der Waals surface area contributed by atoms with Crippen molar-refractivity contribution >= 4 is 17.6 Å². The summed E-state index contributed by atoms with van der Waals surface area (Å²) in [7, 11) is 0. The molecule has 1 saturated heterocycles. The minimum absolute atomic E-state index is 0.0278. The highest BCUT2D eigenvalue weighted by Gasteiger charge is 2.26. The number of rotatable bonds is 6. The van der Waals surface area contributed by atoms with Crippen LogP contribution in [0.4, 0.5) is 5.69 Å². The highest BCUT2D eigenvalue weighted by molar-refractivity contribution is 5.96. The second kappa shape index (κ2) is 8.73. The van der Waals surface area contributed by atoms with Gasteiger partial charge in [-0.2, -0.15) is 0 Å². The number of amides is 1. The van der Waals surface area contributed by atoms with Gasteiger partial charge in [0, 0.05) is 18.8 Å². The molecule has 1 aliphatic rings. The van der Waals surface area contributed by atoms with Crippen LogP contribution in [0.1, 0.15) is 30.0 Å². The van der Waals surface area contributed by atoms with Gasteiger partial charge in [0.25, 0.3) is 5.91 Å². The summed E-state index contributed by atoms with van der Waals surface area (Å²) in [4.78, 5) is 26.5. The molecule has 1 N–H and O–H groups in total. The number of para-hydroxylation sites is 1. The lowest BCUT2D eigenvalue weighted by molar-refractivity contribution is -0.146. The third-order valence-electron chi connectivity index (χ3n) is 4.28. The second-order valence-electron chi connectivity index (χ2n) is 6.61. The van der Waals surface area contributed by atoms with Crippen LogP contribution in [0.15, 0.2) is 47.1 Å². The average molecular weight is 372 g/mol. The number of anilines is 1. The molecule has 2 atom stereocenters. The topological polar surface area (TPSA) is 81.0 Å². The molecule has 0 aliphatic carbocycles. The van der Waals surface area contributed by atoms with Crippen molar-refractivity contribution in [3.63, 3.8) is 0 Å². The summed E-state index contributed by atoms with van der Waals surface area (Å²) in [5, 5.41) is 3.15. The molecule has 1 aromatic carbocycles. The van der Waals surface area contributed by atoms with Gasteiger partial charge in [0.1, 0.15) is 5.76 Å². The first kappa shape index (κ1) is 19.0. The SMILES string of the molecule is C[C@@H]1CN(C(=O)COC(=O)c2ccccc2NCc2ccco2)C[C@@H](C)O1. The van der Waals surface area contributed by atoms with Crippen molar-refractivity contribution in [1.29, 1.82) is 0 Å². The van der Waals surface area contributed by atoms with Crippen LogP contribution >= 0.6 is 0 Å². The lowest BCUT2D eigenvalue weighted by Gasteiger charge is -2.35. The van der Waals surface area contributed by atoms with E-state index in [1.807, 2.05) is 26.0 Å². The van der Waals surface area contributed by atoms with Gasteiger partial charge in [0.05, 0.1) is 30.6 Å². The zero-order valence-electron chi connectivity index (χ0n) is 15.5. The van der Waals surface area contributed by atoms with Crippen LogP contribution in [0.25, 0.3) is 0 Å². The summed E-state index contributed by atoms with van der Waals surface area (Å²) >= 11 is 0. The fraction of sp³-hybridized carbons (Fsp3) is 0.400. The molecule has 0 saturated carbocycles. The summed E-state index contributed by atoms with van der Waals surface area (Å²) in [6.07, 6.45) is 1.54. The van der Waals surface area contributed by atoms with Gasteiger partial charge in [-0.05, 0) is 38.1 Å². The van der Waals surface area contributed by atoms with Crippen LogP contribution in [0.5, 0.6) is 0 Å². The highest BCUT2D eigenvalue weighted by Crippen LogP contribution is 2.18. The van der Waals surface area contributed by atoms with E-state index >= 15 is 0 Å². The molecule has 7 heteroatoms. The van der Waals surface area contributed by atoms with Crippen LogP contribution in [0, 0.1) is 0 Å². The molecule has 0 bridgehead atoms. The average Bonchev–Trinajstić information content (AvgIpc) is 3.17. The number of carbonyl (C=O) groups excluding carboxylic acids is 2. The lowest BCUT2D eigenvalue weighted by Crippen LogP contribution is -2.49. The number of benzene rings is 1. The van der Waals surface area contributed by atoms with E-state index in [0.717, 1.165) is 5.76 Å². The molecule has 0 spiro atoms. The molecule has 1 amide bonds. The summed E-state index contributed by atoms with van der Waals surface area (Å²) in [5.74, 6) is -0.00414. The fourth-order valence-corrected chi connectivity index (χ4v) is 3.09. The van der Waals surface area contributed by atoms with E-state index in [0.29, 0.717) is 30.9 Å². The molecule has 7 nitrogen and oxygen atoms in total. The van der Waals surface area contributed by atoms with Gasteiger partial charge in [-0.1, -0.05) is 12.1 Å². The van der Waals surface area contributed by atoms with Crippen molar-refractivity contribution in [3.8, 4) is 0 Å². The van der Waals surface area contributed by atoms with E-state index in [1.165, 1.54) is 0 Å². The molecule has 1 aromatic heterocycles. The predicted molar refractivity (Wildman–Crippen MR) is 99.3 cm³/mol. The molecular formula is C20H24N2O5. The van der Waals surface area contributed by atoms with Gasteiger partial charge in [0.2, 0.25) is 0 Å². The Morgan fingerprint density at radius 3 is 2.59 bits per heavy atom. The summed E-state index contributed by atoms with van der Waals surface area (Å²) in [5.41, 5.74) is 1.00. The summed E-state index contributed by atoms with van der Waals surface area (Å²) in [6.45, 7) is 5.00. The molecule has 2 heterocycles. The number of furan rings is 1. The van der Waals surface area contributed by atoms with Crippen molar-refractivity contribution < 1.29 is 23.5 Å². The first-order valence-corrected chi connectivity index (χ1v) is 8.98. The summed E-state index contributed by atoms with van der Waals surface area (Å²) in [6, 6.07) is 10.7. The molecule has 144 valence electrons. The van der Waals surface area contributed by atoms with E-state index in [-0.39, 0.29) is 24.7 Å². The Kier molecular flexibility index (Phi) is 6.13. The smallest absolute Gasteiger partial charge is 0.340 e. The van der Waals surface area contributed by atoms with Crippen molar-refractivity contribution in [2.45, 2.75) is 32.6 Å². The van der Waals surface area contributed by atoms with E-state index in [9.17, 15) is 9.59 Å². The van der Waals surface area contributed by atoms with Crippen LogP contribution in [-0.2, 0) is 20.8 Å². The molecule has 27 heavy (non-hydrogen) atoms. The van der Waals surface area contributed by atoms with Gasteiger partial charge in [-0.25, -0.2) is 4.79 Å². The fourth-order valence-electron chi connectivity index (χ4n) is 3.09. The highest BCUT2D eigenvalue weighted by atomic mass is 16.5. The number of carbonyl (C=O) groups is 2. The van der Waals surface area contributed by atoms with Gasteiger partial charge >= 0.3 is 5.97 Å². The molecule has 1 fully saturated rings. The Morgan fingerprint density at radius 1 is 1.15 bits per heavy atom. The predicted octanol–water partition coefficient (Wildman–Crippen LogP) is 2.68. The second-order valence-corrected chi connectivity index (χ2v) is 6.61. The van der Waals surface area contributed by atoms with Crippen molar-refractivity contribution in [2.24, 2.45) is 0 Å². The number of esters is 1. The molecule has 2 aromatic rings. The van der Waals surface area contributed by atoms with Gasteiger partial charge in [0.15, 0.2) is 6.61 Å². The Morgan fingerprint density at radius 2 is 1.89 bits per heavy atom. The standard InChI is InChI=1S/C20H24N2O5/c1-14-11-22(12-15(2)27-14)19(23)13-26-20(24)17-7-3-4-8-18(17)21-10-16-6-5-9-25-16/h3-9,14-15,21H,10-13H2,1-2H3/t14-,15-/m1/s1. The van der Waals surface area contributed by atoms with Gasteiger partial charge < -0.3 is 24.1 Å². The largest absolute Gasteiger partial charge is 0.467 e. The number of ether oxygens (including phenoxy) is 2. The normalized spacial score (nSPS) is 19.6. The molecule has 0 unspecified atom stereocenters. The zero-order chi connectivity index (χ0) is 19.2. The Labute approximate surface area is 158 Å². The van der Waals surface area contributed by atoms with Crippen molar-refractivity contribution in [3.05, 3.63) is 54.0 Å². The van der Waals surface area contributed by atoms with E-state index in [1.54, 1.807) is 35.4 Å². The maximum absolute atomic E-state index is 12.5. The van der Waals surface area contributed by atoms with Crippen LogP contribution in [0.3, 0.4) is 0 Å². The Hall–Kier alpha value is -2.80. The van der Waals surface area contributed by atoms with Crippen molar-refractivity contribution in [1.82, 2.24) is 4.90 Å². The van der Waals surface area contributed by atoms with E-state index < -0.39 is 5.97 Å². The van der Waals surface area contributed by atoms with Crippen LogP contribution in [-0.4, -0.2) is 48.7 Å². The number of nitrogens with zero attached hydrogens (tertiary/aromatic N) is 1. The molecule has 1 aliphatic heterocycles. The Bertz CT molecular complexity index is 764. The van der Waals surface area contributed by atoms with Crippen LogP contribution < -0.4 is 5.32 Å². The van der Waals surface area contributed by atoms with Gasteiger partial charge in [-0.3, -0.25) is 4.79 Å². The zero-order valence-corrected chi connectivity index (χ0v) is 15.5. The number of hydrogen-bond acceptors (Lipinski definition) is 6. The monoisotopic (exact) mass is 372 g/mol. The summed E-state index contributed by atoms with van der Waals surface area (Å²) < 4.78 is 16.2. The third kappa shape index (κ3) is 5.10. The minimum atomic E-state index is -0.541. The third-order valence-corrected chi connectivity index (χ3v) is 4.28. The Balaban J connectivity index is 1.57. The molecule has 3 rings (SSSR count). The number of morpholine rings is 1. The number of nitrogens with one attached hydrogen (secondary N) is 1. The molecular weight excluding hydrogens is 348 g/mol. The first-order valence-electron chi connectivity index (χ1n) is 8.98. The van der Waals surface area contributed by atoms with E-state index in [4.69, 9.17) is 13.9 Å². The van der Waals surface area contributed by atoms with E-state index in [2.05, 4.69) is 5.32 Å². The molecule has 0 radical (unpaired) electrons. The first-order chi connectivity index (χ1) is 13.0. The van der Waals surface area contributed by atoms with Gasteiger partial charge in [-0.15, -0.1) is 0 Å².